The molecule has 0 aromatic heterocycles. The molecule has 1 aromatic rings. The molecule has 0 heterocycles. The molecular formula is C12H12BrClN2. The number of hydrogen-bond donors (Lipinski definition) is 1. The molecular weight excluding hydrogens is 288 g/mol. The zero-order valence-electron chi connectivity index (χ0n) is 8.93. The van der Waals surface area contributed by atoms with Crippen LogP contribution < -0.4 is 5.73 Å². The number of nitrogens with two attached hydrogens (primary N) is 1. The van der Waals surface area contributed by atoms with Crippen molar-refractivity contribution in [3.05, 3.63) is 38.8 Å². The molecule has 1 rings (SSSR count). The minimum Gasteiger partial charge on any atom is -0.397 e. The Morgan fingerprint density at radius 2 is 2.19 bits per heavy atom. The Morgan fingerprint density at radius 3 is 2.69 bits per heavy atom. The lowest BCUT2D eigenvalue weighted by Crippen LogP contribution is -2.01. The maximum Gasteiger partial charge on any atom is 0.0968 e. The van der Waals surface area contributed by atoms with Gasteiger partial charge in [0.1, 0.15) is 0 Å². The van der Waals surface area contributed by atoms with Gasteiger partial charge in [0.15, 0.2) is 0 Å². The smallest absolute Gasteiger partial charge is 0.0968 e. The van der Waals surface area contributed by atoms with Crippen molar-refractivity contribution in [3.63, 3.8) is 0 Å². The molecule has 0 aliphatic carbocycles. The van der Waals surface area contributed by atoms with Gasteiger partial charge in [-0.1, -0.05) is 40.9 Å². The normalized spacial score (nSPS) is 11.9. The lowest BCUT2D eigenvalue weighted by molar-refractivity contribution is 0.929. The van der Waals surface area contributed by atoms with Crippen LogP contribution in [0.2, 0.25) is 5.02 Å². The third kappa shape index (κ3) is 3.26. The van der Waals surface area contributed by atoms with E-state index in [9.17, 15) is 0 Å². The first-order valence-corrected chi connectivity index (χ1v) is 6.10. The van der Waals surface area contributed by atoms with E-state index in [0.29, 0.717) is 22.7 Å². The van der Waals surface area contributed by atoms with Crippen molar-refractivity contribution in [3.8, 4) is 6.07 Å². The fraction of sp³-hybridized carbons (Fsp3) is 0.250. The number of allylic oxidation sites excluding steroid dienone is 1. The van der Waals surface area contributed by atoms with E-state index in [1.165, 1.54) is 0 Å². The Bertz CT molecular complexity index is 440. The van der Waals surface area contributed by atoms with Gasteiger partial charge in [-0.25, -0.2) is 0 Å². The lowest BCUT2D eigenvalue weighted by Gasteiger charge is -2.06. The fourth-order valence-electron chi connectivity index (χ4n) is 1.38. The molecule has 0 unspecified atom stereocenters. The van der Waals surface area contributed by atoms with Crippen LogP contribution >= 0.6 is 27.5 Å². The van der Waals surface area contributed by atoms with E-state index in [0.717, 1.165) is 16.5 Å². The van der Waals surface area contributed by atoms with Gasteiger partial charge in [0.05, 0.1) is 17.3 Å². The van der Waals surface area contributed by atoms with Crippen LogP contribution in [0.5, 0.6) is 0 Å². The largest absolute Gasteiger partial charge is 0.397 e. The zero-order valence-corrected chi connectivity index (χ0v) is 11.3. The minimum atomic E-state index is 0.507. The van der Waals surface area contributed by atoms with E-state index in [2.05, 4.69) is 22.0 Å². The van der Waals surface area contributed by atoms with E-state index in [-0.39, 0.29) is 0 Å². The van der Waals surface area contributed by atoms with Crippen LogP contribution in [-0.2, 0) is 0 Å². The molecule has 16 heavy (non-hydrogen) atoms. The van der Waals surface area contributed by atoms with Gasteiger partial charge < -0.3 is 5.73 Å². The third-order valence-corrected chi connectivity index (χ3v) is 2.81. The van der Waals surface area contributed by atoms with Gasteiger partial charge in [-0.3, -0.25) is 0 Å². The average Bonchev–Trinajstić information content (AvgIpc) is 2.23. The second-order valence-electron chi connectivity index (χ2n) is 3.41. The summed E-state index contributed by atoms with van der Waals surface area (Å²) in [6.07, 6.45) is 1.58. The monoisotopic (exact) mass is 298 g/mol. The molecule has 2 nitrogen and oxygen atoms in total. The molecule has 0 saturated carbocycles. The maximum atomic E-state index is 8.99. The Balaban J connectivity index is 3.22. The van der Waals surface area contributed by atoms with Crippen LogP contribution in [-0.4, -0.2) is 0 Å². The van der Waals surface area contributed by atoms with Gasteiger partial charge in [0, 0.05) is 15.1 Å². The summed E-state index contributed by atoms with van der Waals surface area (Å²) in [4.78, 5) is 0. The number of hydrogen-bond acceptors (Lipinski definition) is 2. The van der Waals surface area contributed by atoms with Crippen LogP contribution in [0.4, 0.5) is 0 Å². The second kappa shape index (κ2) is 5.93. The Kier molecular flexibility index (Phi) is 4.85. The molecule has 0 bridgehead atoms. The van der Waals surface area contributed by atoms with Crippen molar-refractivity contribution < 1.29 is 0 Å². The molecule has 0 saturated heterocycles. The highest BCUT2D eigenvalue weighted by molar-refractivity contribution is 9.10. The van der Waals surface area contributed by atoms with Gasteiger partial charge >= 0.3 is 0 Å². The summed E-state index contributed by atoms with van der Waals surface area (Å²) in [6.45, 7) is 2.01. The SMILES string of the molecule is CCC/C(C#N)=C(/N)c1cc(Cl)cc(Br)c1. The molecule has 0 fully saturated rings. The molecule has 0 radical (unpaired) electrons. The summed E-state index contributed by atoms with van der Waals surface area (Å²) < 4.78 is 0.853. The van der Waals surface area contributed by atoms with Gasteiger partial charge in [0.2, 0.25) is 0 Å². The highest BCUT2D eigenvalue weighted by atomic mass is 79.9. The van der Waals surface area contributed by atoms with Crippen molar-refractivity contribution >= 4 is 33.2 Å². The number of halogens is 2. The zero-order chi connectivity index (χ0) is 12.1. The first-order chi connectivity index (χ1) is 7.58. The van der Waals surface area contributed by atoms with Crippen LogP contribution in [0.25, 0.3) is 5.70 Å². The van der Waals surface area contributed by atoms with Crippen molar-refractivity contribution in [2.45, 2.75) is 19.8 Å². The van der Waals surface area contributed by atoms with Gasteiger partial charge in [-0.2, -0.15) is 5.26 Å². The minimum absolute atomic E-state index is 0.507. The van der Waals surface area contributed by atoms with Crippen molar-refractivity contribution in [2.75, 3.05) is 0 Å². The van der Waals surface area contributed by atoms with E-state index >= 15 is 0 Å². The third-order valence-electron chi connectivity index (χ3n) is 2.13. The quantitative estimate of drug-likeness (QED) is 0.854. The molecule has 0 atom stereocenters. The fourth-order valence-corrected chi connectivity index (χ4v) is 2.24. The van der Waals surface area contributed by atoms with Crippen LogP contribution in [0.3, 0.4) is 0 Å². The number of nitriles is 1. The van der Waals surface area contributed by atoms with E-state index < -0.39 is 0 Å². The van der Waals surface area contributed by atoms with Crippen LogP contribution in [0.1, 0.15) is 25.3 Å². The Morgan fingerprint density at radius 1 is 1.50 bits per heavy atom. The second-order valence-corrected chi connectivity index (χ2v) is 4.76. The topological polar surface area (TPSA) is 49.8 Å². The predicted molar refractivity (Wildman–Crippen MR) is 70.8 cm³/mol. The molecule has 0 aliphatic rings. The molecule has 0 aliphatic heterocycles. The van der Waals surface area contributed by atoms with Crippen LogP contribution in [0.15, 0.2) is 28.2 Å². The average molecular weight is 300 g/mol. The van der Waals surface area contributed by atoms with E-state index in [1.54, 1.807) is 12.1 Å². The number of nitrogens with zero attached hydrogens (tertiary/aromatic N) is 1. The Labute approximate surface area is 109 Å². The van der Waals surface area contributed by atoms with Crippen molar-refractivity contribution in [1.29, 1.82) is 5.26 Å². The standard InChI is InChI=1S/C12H12BrClN2/c1-2-3-8(7-15)12(16)9-4-10(13)6-11(14)5-9/h4-6H,2-3,16H2,1H3/b12-8-. The highest BCUT2D eigenvalue weighted by Gasteiger charge is 2.06. The summed E-state index contributed by atoms with van der Waals surface area (Å²) in [5, 5.41) is 9.59. The molecule has 2 N–H and O–H groups in total. The summed E-state index contributed by atoms with van der Waals surface area (Å²) in [6, 6.07) is 7.53. The summed E-state index contributed by atoms with van der Waals surface area (Å²) >= 11 is 9.27. The van der Waals surface area contributed by atoms with Crippen LogP contribution in [0, 0.1) is 11.3 Å². The molecule has 0 amide bonds. The first-order valence-electron chi connectivity index (χ1n) is 4.93. The van der Waals surface area contributed by atoms with Crippen molar-refractivity contribution in [2.24, 2.45) is 5.73 Å². The molecule has 4 heteroatoms. The van der Waals surface area contributed by atoms with Gasteiger partial charge in [0.25, 0.3) is 0 Å². The summed E-state index contributed by atoms with van der Waals surface area (Å²) in [7, 11) is 0. The Hall–Kier alpha value is -0.980. The first kappa shape index (κ1) is 13.1. The molecule has 1 aromatic carbocycles. The summed E-state index contributed by atoms with van der Waals surface area (Å²) in [5.74, 6) is 0. The van der Waals surface area contributed by atoms with Crippen molar-refractivity contribution in [1.82, 2.24) is 0 Å². The molecule has 0 spiro atoms. The predicted octanol–water partition coefficient (Wildman–Crippen LogP) is 4.10. The summed E-state index contributed by atoms with van der Waals surface area (Å²) in [5.41, 5.74) is 7.85. The maximum absolute atomic E-state index is 8.99. The highest BCUT2D eigenvalue weighted by Crippen LogP contribution is 2.24. The van der Waals surface area contributed by atoms with Gasteiger partial charge in [-0.15, -0.1) is 0 Å². The van der Waals surface area contributed by atoms with E-state index in [1.807, 2.05) is 13.0 Å². The van der Waals surface area contributed by atoms with E-state index in [4.69, 9.17) is 22.6 Å². The number of benzene rings is 1. The van der Waals surface area contributed by atoms with Gasteiger partial charge in [-0.05, 0) is 24.6 Å². The number of rotatable bonds is 3. The molecule has 84 valence electrons. The lowest BCUT2D eigenvalue weighted by atomic mass is 10.0.